The predicted octanol–water partition coefficient (Wildman–Crippen LogP) is 4.37. The van der Waals surface area contributed by atoms with E-state index in [0.29, 0.717) is 11.6 Å². The average Bonchev–Trinajstić information content (AvgIpc) is 2.48. The molecule has 20 heavy (non-hydrogen) atoms. The molecule has 1 heterocycles. The first-order chi connectivity index (χ1) is 9.79. The van der Waals surface area contributed by atoms with Crippen molar-refractivity contribution in [3.63, 3.8) is 0 Å². The van der Waals surface area contributed by atoms with Crippen LogP contribution >= 0.6 is 11.6 Å². The van der Waals surface area contributed by atoms with Gasteiger partial charge >= 0.3 is 0 Å². The Labute approximate surface area is 124 Å². The lowest BCUT2D eigenvalue weighted by atomic mass is 9.85. The zero-order valence-corrected chi connectivity index (χ0v) is 11.8. The average molecular weight is 283 g/mol. The normalized spacial score (nSPS) is 18.9. The number of ether oxygens (including phenoxy) is 1. The number of hydrogen-bond donors (Lipinski definition) is 0. The number of halogens is 1. The first kappa shape index (κ1) is 13.2. The molecular formula is C18H15ClO. The Morgan fingerprint density at radius 2 is 2.05 bits per heavy atom. The van der Waals surface area contributed by atoms with Crippen LogP contribution in [0.3, 0.4) is 0 Å². The van der Waals surface area contributed by atoms with Crippen molar-refractivity contribution < 1.29 is 4.74 Å². The fourth-order valence-corrected chi connectivity index (χ4v) is 2.96. The van der Waals surface area contributed by atoms with Crippen LogP contribution in [0.15, 0.2) is 48.5 Å². The van der Waals surface area contributed by atoms with Gasteiger partial charge in [0.2, 0.25) is 0 Å². The molecule has 0 saturated heterocycles. The second-order valence-corrected chi connectivity index (χ2v) is 5.38. The van der Waals surface area contributed by atoms with Gasteiger partial charge in [0.05, 0.1) is 12.5 Å². The molecule has 100 valence electrons. The summed E-state index contributed by atoms with van der Waals surface area (Å²) < 4.78 is 5.97. The minimum absolute atomic E-state index is 0.0941. The monoisotopic (exact) mass is 282 g/mol. The molecule has 2 aromatic carbocycles. The van der Waals surface area contributed by atoms with Crippen LogP contribution in [0.2, 0.25) is 5.02 Å². The van der Waals surface area contributed by atoms with Gasteiger partial charge in [-0.2, -0.15) is 0 Å². The Kier molecular flexibility index (Phi) is 3.78. The molecule has 0 aliphatic carbocycles. The van der Waals surface area contributed by atoms with Gasteiger partial charge in [0.15, 0.2) is 0 Å². The Balaban J connectivity index is 2.02. The highest BCUT2D eigenvalue weighted by molar-refractivity contribution is 6.30. The number of rotatable bonds is 2. The molecule has 3 rings (SSSR count). The zero-order valence-electron chi connectivity index (χ0n) is 11.1. The van der Waals surface area contributed by atoms with Crippen LogP contribution < -0.4 is 0 Å². The summed E-state index contributed by atoms with van der Waals surface area (Å²) in [6, 6.07) is 16.1. The highest BCUT2D eigenvalue weighted by Gasteiger charge is 2.28. The van der Waals surface area contributed by atoms with E-state index < -0.39 is 0 Å². The predicted molar refractivity (Wildman–Crippen MR) is 81.9 cm³/mol. The van der Waals surface area contributed by atoms with Gasteiger partial charge in [0, 0.05) is 5.02 Å². The summed E-state index contributed by atoms with van der Waals surface area (Å²) in [4.78, 5) is 0. The molecule has 2 heteroatoms. The molecule has 1 aliphatic rings. The molecule has 1 nitrogen and oxygen atoms in total. The largest absolute Gasteiger partial charge is 0.372 e. The molecule has 0 N–H and O–H groups in total. The number of terminal acetylenes is 1. The second kappa shape index (κ2) is 5.71. The molecule has 0 aromatic heterocycles. The smallest absolute Gasteiger partial charge is 0.101 e. The number of benzene rings is 2. The van der Waals surface area contributed by atoms with Crippen LogP contribution in [0.25, 0.3) is 0 Å². The lowest BCUT2D eigenvalue weighted by molar-refractivity contribution is 0.0345. The fourth-order valence-electron chi connectivity index (χ4n) is 2.76. The summed E-state index contributed by atoms with van der Waals surface area (Å²) in [5.41, 5.74) is 3.55. The number of hydrogen-bond acceptors (Lipinski definition) is 1. The van der Waals surface area contributed by atoms with Crippen molar-refractivity contribution in [1.82, 2.24) is 0 Å². The summed E-state index contributed by atoms with van der Waals surface area (Å²) in [6.45, 7) is 0.709. The van der Waals surface area contributed by atoms with Gasteiger partial charge in [-0.3, -0.25) is 0 Å². The Morgan fingerprint density at radius 1 is 1.20 bits per heavy atom. The van der Waals surface area contributed by atoms with E-state index in [1.165, 1.54) is 11.1 Å². The van der Waals surface area contributed by atoms with Gasteiger partial charge in [-0.1, -0.05) is 53.9 Å². The molecule has 0 fully saturated rings. The topological polar surface area (TPSA) is 9.23 Å². The summed E-state index contributed by atoms with van der Waals surface area (Å²) >= 11 is 6.08. The first-order valence-corrected chi connectivity index (χ1v) is 7.08. The molecule has 1 aliphatic heterocycles. The Bertz CT molecular complexity index is 656. The summed E-state index contributed by atoms with van der Waals surface area (Å²) in [5, 5.41) is 0.701. The van der Waals surface area contributed by atoms with Gasteiger partial charge in [-0.05, 0) is 35.2 Å². The van der Waals surface area contributed by atoms with Crippen LogP contribution in [-0.2, 0) is 11.2 Å². The molecular weight excluding hydrogens is 268 g/mol. The fraction of sp³-hybridized carbons (Fsp3) is 0.222. The highest BCUT2D eigenvalue weighted by Crippen LogP contribution is 2.38. The van der Waals surface area contributed by atoms with Gasteiger partial charge in [0.25, 0.3) is 0 Å². The quantitative estimate of drug-likeness (QED) is 0.743. The summed E-state index contributed by atoms with van der Waals surface area (Å²) in [6.07, 6.45) is 6.62. The standard InChI is InChI=1S/C18H15ClO/c1-2-16(14-7-5-8-15(19)12-14)18-17-9-4-3-6-13(17)10-11-20-18/h1,3-9,12,16,18H,10-11H2. The summed E-state index contributed by atoms with van der Waals surface area (Å²) in [5.74, 6) is 2.76. The van der Waals surface area contributed by atoms with Crippen molar-refractivity contribution >= 4 is 11.6 Å². The Morgan fingerprint density at radius 3 is 2.85 bits per heavy atom. The molecule has 2 atom stereocenters. The van der Waals surface area contributed by atoms with Crippen LogP contribution in [0, 0.1) is 12.3 Å². The summed E-state index contributed by atoms with van der Waals surface area (Å²) in [7, 11) is 0. The van der Waals surface area contributed by atoms with E-state index in [2.05, 4.69) is 24.1 Å². The second-order valence-electron chi connectivity index (χ2n) is 4.94. The molecule has 2 aromatic rings. The lowest BCUT2D eigenvalue weighted by Gasteiger charge is -2.30. The minimum atomic E-state index is -0.116. The first-order valence-electron chi connectivity index (χ1n) is 6.70. The van der Waals surface area contributed by atoms with Gasteiger partial charge in [-0.15, -0.1) is 6.42 Å². The van der Waals surface area contributed by atoms with E-state index in [1.807, 2.05) is 30.3 Å². The van der Waals surface area contributed by atoms with Crippen molar-refractivity contribution in [3.8, 4) is 12.3 Å². The maximum absolute atomic E-state index is 6.08. The lowest BCUT2D eigenvalue weighted by Crippen LogP contribution is -2.21. The van der Waals surface area contributed by atoms with Crippen molar-refractivity contribution in [1.29, 1.82) is 0 Å². The van der Waals surface area contributed by atoms with Crippen LogP contribution in [0.5, 0.6) is 0 Å². The van der Waals surface area contributed by atoms with E-state index >= 15 is 0 Å². The van der Waals surface area contributed by atoms with Crippen LogP contribution in [0.1, 0.15) is 28.7 Å². The Hall–Kier alpha value is -1.75. The van der Waals surface area contributed by atoms with E-state index in [0.717, 1.165) is 12.0 Å². The zero-order chi connectivity index (χ0) is 13.9. The van der Waals surface area contributed by atoms with Gasteiger partial charge in [0.1, 0.15) is 6.10 Å². The van der Waals surface area contributed by atoms with E-state index in [-0.39, 0.29) is 12.0 Å². The van der Waals surface area contributed by atoms with Crippen molar-refractivity contribution in [2.75, 3.05) is 6.61 Å². The van der Waals surface area contributed by atoms with E-state index in [9.17, 15) is 0 Å². The third-order valence-electron chi connectivity index (χ3n) is 3.72. The highest BCUT2D eigenvalue weighted by atomic mass is 35.5. The van der Waals surface area contributed by atoms with Crippen molar-refractivity contribution in [2.45, 2.75) is 18.4 Å². The molecule has 2 unspecified atom stereocenters. The minimum Gasteiger partial charge on any atom is -0.372 e. The van der Waals surface area contributed by atoms with Crippen molar-refractivity contribution in [2.24, 2.45) is 0 Å². The van der Waals surface area contributed by atoms with E-state index in [1.54, 1.807) is 0 Å². The third kappa shape index (κ3) is 2.45. The molecule has 0 spiro atoms. The van der Waals surface area contributed by atoms with Crippen molar-refractivity contribution in [3.05, 3.63) is 70.2 Å². The van der Waals surface area contributed by atoms with Gasteiger partial charge < -0.3 is 4.74 Å². The SMILES string of the molecule is C#CC(c1cccc(Cl)c1)C1OCCc2ccccc21. The van der Waals surface area contributed by atoms with Gasteiger partial charge in [-0.25, -0.2) is 0 Å². The maximum Gasteiger partial charge on any atom is 0.101 e. The molecule has 0 amide bonds. The van der Waals surface area contributed by atoms with Crippen LogP contribution in [0.4, 0.5) is 0 Å². The number of fused-ring (bicyclic) bond motifs is 1. The van der Waals surface area contributed by atoms with E-state index in [4.69, 9.17) is 22.8 Å². The molecule has 0 saturated carbocycles. The molecule has 0 bridgehead atoms. The third-order valence-corrected chi connectivity index (χ3v) is 3.96. The maximum atomic E-state index is 6.08. The van der Waals surface area contributed by atoms with Crippen LogP contribution in [-0.4, -0.2) is 6.61 Å². The molecule has 0 radical (unpaired) electrons.